The first kappa shape index (κ1) is 13.1. The molecule has 0 amide bonds. The van der Waals surface area contributed by atoms with Crippen LogP contribution in [0.15, 0.2) is 30.3 Å². The van der Waals surface area contributed by atoms with Gasteiger partial charge < -0.3 is 5.21 Å². The Morgan fingerprint density at radius 1 is 1.28 bits per heavy atom. The van der Waals surface area contributed by atoms with Crippen LogP contribution in [0, 0.1) is 5.21 Å². The average molecular weight is 282 g/mol. The molecule has 0 aliphatic rings. The summed E-state index contributed by atoms with van der Waals surface area (Å²) in [6, 6.07) is 10.4. The van der Waals surface area contributed by atoms with Crippen molar-refractivity contribution in [3.63, 3.8) is 0 Å². The molecule has 1 aromatic carbocycles. The zero-order chi connectivity index (χ0) is 13.3. The van der Waals surface area contributed by atoms with Gasteiger partial charge in [0.05, 0.1) is 8.07 Å². The number of rotatable bonds is 3. The molecule has 18 heavy (non-hydrogen) atoms. The fourth-order valence-corrected chi connectivity index (χ4v) is 3.41. The van der Waals surface area contributed by atoms with Gasteiger partial charge in [-0.05, 0) is 23.7 Å². The fraction of sp³-hybridized carbons (Fsp3) is 0.333. The second-order valence-electron chi connectivity index (χ2n) is 5.48. The summed E-state index contributed by atoms with van der Waals surface area (Å²) in [5, 5.41) is 15.7. The second kappa shape index (κ2) is 4.74. The summed E-state index contributed by atoms with van der Waals surface area (Å²) in [6.45, 7) is 6.71. The van der Waals surface area contributed by atoms with E-state index in [1.54, 1.807) is 4.68 Å². The van der Waals surface area contributed by atoms with Crippen LogP contribution in [0.25, 0.3) is 5.69 Å². The van der Waals surface area contributed by atoms with Gasteiger partial charge in [-0.2, -0.15) is 0 Å². The molecule has 0 atom stereocenters. The summed E-state index contributed by atoms with van der Waals surface area (Å²) in [7, 11) is -1.38. The van der Waals surface area contributed by atoms with Gasteiger partial charge in [-0.25, -0.2) is 0 Å². The maximum Gasteiger partial charge on any atom is 0.265 e. The molecule has 96 valence electrons. The summed E-state index contributed by atoms with van der Waals surface area (Å²) < 4.78 is 1.65. The van der Waals surface area contributed by atoms with E-state index in [2.05, 4.69) is 24.9 Å². The molecule has 0 saturated carbocycles. The van der Waals surface area contributed by atoms with Crippen LogP contribution in [0.2, 0.25) is 24.8 Å². The van der Waals surface area contributed by atoms with Crippen molar-refractivity contribution < 1.29 is 4.85 Å². The van der Waals surface area contributed by atoms with Gasteiger partial charge >= 0.3 is 0 Å². The van der Waals surface area contributed by atoms with Crippen LogP contribution in [0.4, 0.5) is 0 Å². The molecule has 2 rings (SSSR count). The van der Waals surface area contributed by atoms with E-state index in [4.69, 9.17) is 11.6 Å². The zero-order valence-electron chi connectivity index (χ0n) is 10.7. The Kier molecular flexibility index (Phi) is 3.45. The highest BCUT2D eigenvalue weighted by Gasteiger charge is 2.28. The van der Waals surface area contributed by atoms with Crippen LogP contribution in [-0.4, -0.2) is 18.0 Å². The number of para-hydroxylation sites is 1. The Labute approximate surface area is 112 Å². The van der Waals surface area contributed by atoms with Gasteiger partial charge in [0.1, 0.15) is 5.21 Å². The van der Waals surface area contributed by atoms with Gasteiger partial charge in [0.15, 0.2) is 11.4 Å². The normalized spacial score (nSPS) is 11.8. The number of nitrogens with zero attached hydrogens (tertiary/aromatic N) is 3. The first-order valence-electron chi connectivity index (χ1n) is 5.81. The van der Waals surface area contributed by atoms with Crippen molar-refractivity contribution in [3.8, 4) is 5.69 Å². The Morgan fingerprint density at radius 2 is 1.89 bits per heavy atom. The highest BCUT2D eigenvalue weighted by atomic mass is 35.5. The van der Waals surface area contributed by atoms with Gasteiger partial charge in [0, 0.05) is 6.04 Å². The van der Waals surface area contributed by atoms with E-state index in [1.807, 2.05) is 30.3 Å². The molecular formula is C12H16ClN3OSi. The number of hydrogen-bond acceptors (Lipinski definition) is 2. The molecule has 2 aromatic rings. The van der Waals surface area contributed by atoms with Crippen molar-refractivity contribution >= 4 is 19.7 Å². The van der Waals surface area contributed by atoms with Crippen LogP contribution < -0.4 is 4.85 Å². The molecule has 0 unspecified atom stereocenters. The van der Waals surface area contributed by atoms with Crippen LogP contribution in [0.5, 0.6) is 0 Å². The van der Waals surface area contributed by atoms with E-state index in [9.17, 15) is 5.21 Å². The van der Waals surface area contributed by atoms with Gasteiger partial charge in [-0.3, -0.25) is 0 Å². The quantitative estimate of drug-likeness (QED) is 0.493. The topological polar surface area (TPSA) is 44.8 Å². The Morgan fingerprint density at radius 3 is 2.44 bits per heavy atom. The third-order valence-corrected chi connectivity index (χ3v) is 4.29. The molecule has 0 aliphatic heterocycles. The smallest absolute Gasteiger partial charge is 0.265 e. The standard InChI is InChI=1S/C12H16ClN3OSi/c1-18(2,3)9-11-12(13)16(17)14-15(11)10-7-5-4-6-8-10/h4-8H,9H2,1-3H3. The largest absolute Gasteiger partial charge is 0.690 e. The van der Waals surface area contributed by atoms with Gasteiger partial charge in [0.2, 0.25) is 0 Å². The third kappa shape index (κ3) is 2.73. The molecule has 0 bridgehead atoms. The van der Waals surface area contributed by atoms with Crippen molar-refractivity contribution in [1.29, 1.82) is 0 Å². The predicted octanol–water partition coefficient (Wildman–Crippen LogP) is 2.58. The maximum atomic E-state index is 11.6. The molecule has 0 radical (unpaired) electrons. The summed E-state index contributed by atoms with van der Waals surface area (Å²) in [6.07, 6.45) is 0. The molecule has 0 spiro atoms. The van der Waals surface area contributed by atoms with Gasteiger partial charge in [-0.15, -0.1) is 4.85 Å². The molecule has 0 fully saturated rings. The number of halogens is 1. The second-order valence-corrected chi connectivity index (χ2v) is 11.3. The first-order valence-corrected chi connectivity index (χ1v) is 9.90. The number of hydrogen-bond donors (Lipinski definition) is 0. The fourth-order valence-electron chi connectivity index (χ4n) is 1.80. The summed E-state index contributed by atoms with van der Waals surface area (Å²) >= 11 is 6.06. The molecule has 4 nitrogen and oxygen atoms in total. The highest BCUT2D eigenvalue weighted by molar-refractivity contribution is 6.75. The van der Waals surface area contributed by atoms with Crippen LogP contribution in [0.1, 0.15) is 5.69 Å². The molecule has 1 aromatic heterocycles. The first-order chi connectivity index (χ1) is 8.38. The maximum absolute atomic E-state index is 11.6. The monoisotopic (exact) mass is 281 g/mol. The lowest BCUT2D eigenvalue weighted by Crippen LogP contribution is -2.30. The van der Waals surface area contributed by atoms with Crippen LogP contribution in [-0.2, 0) is 6.04 Å². The number of aromatic nitrogens is 3. The average Bonchev–Trinajstić information content (AvgIpc) is 2.57. The lowest BCUT2D eigenvalue weighted by molar-refractivity contribution is -0.668. The molecule has 1 heterocycles. The zero-order valence-corrected chi connectivity index (χ0v) is 12.5. The number of benzene rings is 1. The lowest BCUT2D eigenvalue weighted by atomic mass is 10.3. The van der Waals surface area contributed by atoms with Crippen molar-refractivity contribution in [1.82, 2.24) is 9.90 Å². The molecule has 0 saturated heterocycles. The highest BCUT2D eigenvalue weighted by Crippen LogP contribution is 2.20. The van der Waals surface area contributed by atoms with E-state index in [-0.39, 0.29) is 5.15 Å². The minimum atomic E-state index is -1.38. The van der Waals surface area contributed by atoms with Crippen LogP contribution >= 0.6 is 11.6 Å². The van der Waals surface area contributed by atoms with E-state index < -0.39 is 8.07 Å². The van der Waals surface area contributed by atoms with Crippen molar-refractivity contribution in [2.45, 2.75) is 25.7 Å². The van der Waals surface area contributed by atoms with Crippen molar-refractivity contribution in [3.05, 3.63) is 46.4 Å². The lowest BCUT2D eigenvalue weighted by Gasteiger charge is -2.13. The molecule has 0 aliphatic carbocycles. The summed E-state index contributed by atoms with van der Waals surface area (Å²) in [5.41, 5.74) is 1.67. The van der Waals surface area contributed by atoms with E-state index in [1.165, 1.54) is 0 Å². The van der Waals surface area contributed by atoms with E-state index in [0.717, 1.165) is 17.4 Å². The van der Waals surface area contributed by atoms with Crippen molar-refractivity contribution in [2.24, 2.45) is 0 Å². The summed E-state index contributed by atoms with van der Waals surface area (Å²) in [5.74, 6) is 0. The van der Waals surface area contributed by atoms with Crippen molar-refractivity contribution in [2.75, 3.05) is 0 Å². The Balaban J connectivity index is 2.52. The minimum absolute atomic E-state index is 0.182. The Bertz CT molecular complexity index is 548. The predicted molar refractivity (Wildman–Crippen MR) is 74.6 cm³/mol. The molecular weight excluding hydrogens is 266 g/mol. The van der Waals surface area contributed by atoms with Gasteiger partial charge in [-0.1, -0.05) is 42.5 Å². The third-order valence-electron chi connectivity index (χ3n) is 2.53. The molecule has 0 N–H and O–H groups in total. The SMILES string of the molecule is C[Si](C)(C)Cc1c(Cl)[n+]([O-])nn1-c1ccccc1. The van der Waals surface area contributed by atoms with E-state index in [0.29, 0.717) is 4.85 Å². The van der Waals surface area contributed by atoms with Gasteiger partial charge in [0.25, 0.3) is 5.15 Å². The Hall–Kier alpha value is -1.33. The minimum Gasteiger partial charge on any atom is -0.690 e. The summed E-state index contributed by atoms with van der Waals surface area (Å²) in [4.78, 5) is 0.490. The molecule has 6 heteroatoms. The van der Waals surface area contributed by atoms with Crippen LogP contribution in [0.3, 0.4) is 0 Å². The van der Waals surface area contributed by atoms with E-state index >= 15 is 0 Å².